The molecule has 0 fully saturated rings. The first-order valence-corrected chi connectivity index (χ1v) is 5.66. The van der Waals surface area contributed by atoms with Gasteiger partial charge in [-0.25, -0.2) is 4.39 Å². The fourth-order valence-corrected chi connectivity index (χ4v) is 1.73. The number of halogens is 1. The first-order valence-electron chi connectivity index (χ1n) is 5.66. The van der Waals surface area contributed by atoms with Crippen molar-refractivity contribution in [3.63, 3.8) is 0 Å². The number of hydrogen-bond acceptors (Lipinski definition) is 2. The summed E-state index contributed by atoms with van der Waals surface area (Å²) >= 11 is 0. The van der Waals surface area contributed by atoms with Gasteiger partial charge in [-0.2, -0.15) is 0 Å². The quantitative estimate of drug-likeness (QED) is 0.876. The van der Waals surface area contributed by atoms with Gasteiger partial charge >= 0.3 is 0 Å². The second-order valence-corrected chi connectivity index (χ2v) is 4.19. The van der Waals surface area contributed by atoms with Gasteiger partial charge in [0.25, 0.3) is 0 Å². The summed E-state index contributed by atoms with van der Waals surface area (Å²) in [5.41, 5.74) is 2.07. The Morgan fingerprint density at radius 1 is 1.12 bits per heavy atom. The van der Waals surface area contributed by atoms with Gasteiger partial charge in [0.2, 0.25) is 0 Å². The van der Waals surface area contributed by atoms with Gasteiger partial charge in [0.15, 0.2) is 0 Å². The van der Waals surface area contributed by atoms with Crippen molar-refractivity contribution in [1.29, 1.82) is 0 Å². The molecule has 0 amide bonds. The number of nitrogens with one attached hydrogen (secondary N) is 1. The van der Waals surface area contributed by atoms with E-state index < -0.39 is 0 Å². The van der Waals surface area contributed by atoms with Crippen LogP contribution in [0.1, 0.15) is 22.6 Å². The normalized spacial score (nSPS) is 10.8. The van der Waals surface area contributed by atoms with E-state index in [-0.39, 0.29) is 5.82 Å². The molecule has 0 radical (unpaired) electrons. The van der Waals surface area contributed by atoms with Gasteiger partial charge in [0, 0.05) is 6.54 Å². The third-order valence-electron chi connectivity index (χ3n) is 2.72. The summed E-state index contributed by atoms with van der Waals surface area (Å²) < 4.78 is 18.5. The van der Waals surface area contributed by atoms with Crippen LogP contribution in [-0.2, 0) is 13.1 Å². The molecule has 0 aliphatic rings. The SMILES string of the molecule is Cc1ccc(CNCc2cc(F)ccc2C)o1. The molecule has 0 spiro atoms. The van der Waals surface area contributed by atoms with Gasteiger partial charge in [-0.15, -0.1) is 0 Å². The van der Waals surface area contributed by atoms with Gasteiger partial charge in [-0.1, -0.05) is 6.07 Å². The fourth-order valence-electron chi connectivity index (χ4n) is 1.73. The zero-order valence-corrected chi connectivity index (χ0v) is 10.1. The van der Waals surface area contributed by atoms with Crippen LogP contribution < -0.4 is 5.32 Å². The van der Waals surface area contributed by atoms with Crippen molar-refractivity contribution in [3.8, 4) is 0 Å². The maximum Gasteiger partial charge on any atom is 0.123 e. The zero-order chi connectivity index (χ0) is 12.3. The second-order valence-electron chi connectivity index (χ2n) is 4.19. The first kappa shape index (κ1) is 11.9. The van der Waals surface area contributed by atoms with Crippen molar-refractivity contribution in [2.45, 2.75) is 26.9 Å². The predicted octanol–water partition coefficient (Wildman–Crippen LogP) is 3.33. The molecule has 0 saturated carbocycles. The number of rotatable bonds is 4. The molecule has 0 atom stereocenters. The highest BCUT2D eigenvalue weighted by Crippen LogP contribution is 2.11. The van der Waals surface area contributed by atoms with Crippen LogP contribution in [-0.4, -0.2) is 0 Å². The maximum absolute atomic E-state index is 13.1. The zero-order valence-electron chi connectivity index (χ0n) is 10.1. The molecule has 1 aromatic heterocycles. The lowest BCUT2D eigenvalue weighted by Crippen LogP contribution is -2.13. The third kappa shape index (κ3) is 3.17. The number of hydrogen-bond donors (Lipinski definition) is 1. The van der Waals surface area contributed by atoms with E-state index in [4.69, 9.17) is 4.42 Å². The minimum absolute atomic E-state index is 0.193. The Labute approximate surface area is 100 Å². The van der Waals surface area contributed by atoms with Crippen molar-refractivity contribution >= 4 is 0 Å². The van der Waals surface area contributed by atoms with E-state index in [2.05, 4.69) is 5.32 Å². The molecule has 1 N–H and O–H groups in total. The van der Waals surface area contributed by atoms with Crippen molar-refractivity contribution in [2.75, 3.05) is 0 Å². The van der Waals surface area contributed by atoms with Crippen molar-refractivity contribution in [3.05, 3.63) is 58.8 Å². The van der Waals surface area contributed by atoms with Crippen LogP contribution >= 0.6 is 0 Å². The molecule has 2 nitrogen and oxygen atoms in total. The summed E-state index contributed by atoms with van der Waals surface area (Å²) in [6.07, 6.45) is 0. The molecule has 0 saturated heterocycles. The summed E-state index contributed by atoms with van der Waals surface area (Å²) in [4.78, 5) is 0. The van der Waals surface area contributed by atoms with Crippen LogP contribution in [0.15, 0.2) is 34.7 Å². The Kier molecular flexibility index (Phi) is 3.59. The predicted molar refractivity (Wildman–Crippen MR) is 65.1 cm³/mol. The van der Waals surface area contributed by atoms with Crippen LogP contribution in [0.3, 0.4) is 0 Å². The number of aryl methyl sites for hydroxylation is 2. The monoisotopic (exact) mass is 233 g/mol. The molecular formula is C14H16FNO. The fraction of sp³-hybridized carbons (Fsp3) is 0.286. The first-order chi connectivity index (χ1) is 8.15. The lowest BCUT2D eigenvalue weighted by atomic mass is 10.1. The van der Waals surface area contributed by atoms with E-state index in [1.54, 1.807) is 12.1 Å². The number of furan rings is 1. The van der Waals surface area contributed by atoms with Gasteiger partial charge in [-0.3, -0.25) is 0 Å². The minimum Gasteiger partial charge on any atom is -0.465 e. The topological polar surface area (TPSA) is 25.2 Å². The van der Waals surface area contributed by atoms with E-state index in [1.165, 1.54) is 6.07 Å². The molecular weight excluding hydrogens is 217 g/mol. The molecule has 2 rings (SSSR count). The smallest absolute Gasteiger partial charge is 0.123 e. The molecule has 90 valence electrons. The molecule has 1 heterocycles. The lowest BCUT2D eigenvalue weighted by Gasteiger charge is -2.06. The molecule has 0 unspecified atom stereocenters. The van der Waals surface area contributed by atoms with Crippen molar-refractivity contribution < 1.29 is 8.81 Å². The minimum atomic E-state index is -0.193. The highest BCUT2D eigenvalue weighted by Gasteiger charge is 2.02. The van der Waals surface area contributed by atoms with Crippen molar-refractivity contribution in [2.24, 2.45) is 0 Å². The van der Waals surface area contributed by atoms with Crippen LogP contribution in [0, 0.1) is 19.7 Å². The standard InChI is InChI=1S/C14H16FNO/c1-10-3-5-13(15)7-12(10)8-16-9-14-6-4-11(2)17-14/h3-7,16H,8-9H2,1-2H3. The van der Waals surface area contributed by atoms with Gasteiger partial charge in [0.05, 0.1) is 6.54 Å². The molecule has 3 heteroatoms. The highest BCUT2D eigenvalue weighted by molar-refractivity contribution is 5.26. The third-order valence-corrected chi connectivity index (χ3v) is 2.72. The number of benzene rings is 1. The molecule has 0 aliphatic heterocycles. The molecule has 0 bridgehead atoms. The van der Waals surface area contributed by atoms with E-state index >= 15 is 0 Å². The van der Waals surface area contributed by atoms with Crippen LogP contribution in [0.25, 0.3) is 0 Å². The molecule has 1 aromatic carbocycles. The van der Waals surface area contributed by atoms with E-state index in [0.717, 1.165) is 22.6 Å². The van der Waals surface area contributed by atoms with E-state index in [0.29, 0.717) is 13.1 Å². The lowest BCUT2D eigenvalue weighted by molar-refractivity contribution is 0.461. The summed E-state index contributed by atoms with van der Waals surface area (Å²) in [5.74, 6) is 1.61. The summed E-state index contributed by atoms with van der Waals surface area (Å²) in [5, 5.41) is 3.24. The van der Waals surface area contributed by atoms with Crippen LogP contribution in [0.2, 0.25) is 0 Å². The average Bonchev–Trinajstić information content (AvgIpc) is 2.69. The Balaban J connectivity index is 1.91. The summed E-state index contributed by atoms with van der Waals surface area (Å²) in [6, 6.07) is 8.72. The Bertz CT molecular complexity index is 505. The second kappa shape index (κ2) is 5.15. The Hall–Kier alpha value is -1.61. The van der Waals surface area contributed by atoms with Gasteiger partial charge < -0.3 is 9.73 Å². The summed E-state index contributed by atoms with van der Waals surface area (Å²) in [7, 11) is 0. The maximum atomic E-state index is 13.1. The van der Waals surface area contributed by atoms with Gasteiger partial charge in [0.1, 0.15) is 17.3 Å². The summed E-state index contributed by atoms with van der Waals surface area (Å²) in [6.45, 7) is 5.20. The van der Waals surface area contributed by atoms with Crippen molar-refractivity contribution in [1.82, 2.24) is 5.32 Å². The van der Waals surface area contributed by atoms with Crippen LogP contribution in [0.4, 0.5) is 4.39 Å². The molecule has 17 heavy (non-hydrogen) atoms. The van der Waals surface area contributed by atoms with Gasteiger partial charge in [-0.05, 0) is 49.2 Å². The molecule has 0 aliphatic carbocycles. The van der Waals surface area contributed by atoms with E-state index in [9.17, 15) is 4.39 Å². The Morgan fingerprint density at radius 2 is 1.94 bits per heavy atom. The Morgan fingerprint density at radius 3 is 2.65 bits per heavy atom. The molecule has 2 aromatic rings. The average molecular weight is 233 g/mol. The van der Waals surface area contributed by atoms with E-state index in [1.807, 2.05) is 26.0 Å². The van der Waals surface area contributed by atoms with Crippen LogP contribution in [0.5, 0.6) is 0 Å². The largest absolute Gasteiger partial charge is 0.465 e. The highest BCUT2D eigenvalue weighted by atomic mass is 19.1.